The standard InChI is InChI=1S/C14H20BrNO/c1-11-2-3-13(8-14(11)15)9-16-6-4-12-5-7-17-10-12/h2-3,8,12,16H,4-7,9-10H2,1H3. The molecule has 94 valence electrons. The Morgan fingerprint density at radius 3 is 3.06 bits per heavy atom. The van der Waals surface area contributed by atoms with Crippen molar-refractivity contribution >= 4 is 15.9 Å². The van der Waals surface area contributed by atoms with Gasteiger partial charge in [0.1, 0.15) is 0 Å². The van der Waals surface area contributed by atoms with E-state index in [1.54, 1.807) is 0 Å². The van der Waals surface area contributed by atoms with E-state index in [1.165, 1.54) is 28.4 Å². The van der Waals surface area contributed by atoms with Crippen molar-refractivity contribution in [2.75, 3.05) is 19.8 Å². The maximum Gasteiger partial charge on any atom is 0.0495 e. The number of ether oxygens (including phenoxy) is 1. The molecule has 0 aliphatic carbocycles. The average Bonchev–Trinajstić information content (AvgIpc) is 2.82. The van der Waals surface area contributed by atoms with Crippen LogP contribution in [-0.2, 0) is 11.3 Å². The normalized spacial score (nSPS) is 19.8. The molecule has 0 bridgehead atoms. The van der Waals surface area contributed by atoms with E-state index in [1.807, 2.05) is 0 Å². The molecule has 1 heterocycles. The van der Waals surface area contributed by atoms with E-state index in [-0.39, 0.29) is 0 Å². The third-order valence-electron chi connectivity index (χ3n) is 3.32. The van der Waals surface area contributed by atoms with Crippen LogP contribution < -0.4 is 5.32 Å². The van der Waals surface area contributed by atoms with E-state index < -0.39 is 0 Å². The number of hydrogen-bond donors (Lipinski definition) is 1. The van der Waals surface area contributed by atoms with Gasteiger partial charge in [0.2, 0.25) is 0 Å². The van der Waals surface area contributed by atoms with Gasteiger partial charge in [0, 0.05) is 24.2 Å². The molecule has 1 aliphatic rings. The molecule has 1 aromatic carbocycles. The van der Waals surface area contributed by atoms with Gasteiger partial charge in [0.15, 0.2) is 0 Å². The molecule has 1 unspecified atom stereocenters. The Balaban J connectivity index is 1.68. The lowest BCUT2D eigenvalue weighted by atomic mass is 10.1. The van der Waals surface area contributed by atoms with Crippen molar-refractivity contribution in [3.05, 3.63) is 33.8 Å². The van der Waals surface area contributed by atoms with Crippen LogP contribution in [0.2, 0.25) is 0 Å². The topological polar surface area (TPSA) is 21.3 Å². The Bertz CT molecular complexity index is 361. The summed E-state index contributed by atoms with van der Waals surface area (Å²) >= 11 is 3.56. The largest absolute Gasteiger partial charge is 0.381 e. The Labute approximate surface area is 112 Å². The average molecular weight is 298 g/mol. The molecule has 0 amide bonds. The van der Waals surface area contributed by atoms with Crippen LogP contribution in [0.1, 0.15) is 24.0 Å². The number of benzene rings is 1. The van der Waals surface area contributed by atoms with E-state index >= 15 is 0 Å². The van der Waals surface area contributed by atoms with E-state index in [4.69, 9.17) is 4.74 Å². The Morgan fingerprint density at radius 1 is 1.47 bits per heavy atom. The zero-order chi connectivity index (χ0) is 12.1. The second-order valence-corrected chi connectivity index (χ2v) is 5.63. The van der Waals surface area contributed by atoms with Crippen LogP contribution in [0.3, 0.4) is 0 Å². The highest BCUT2D eigenvalue weighted by Gasteiger charge is 2.14. The number of aryl methyl sites for hydroxylation is 1. The summed E-state index contributed by atoms with van der Waals surface area (Å²) in [5.74, 6) is 0.771. The van der Waals surface area contributed by atoms with Gasteiger partial charge in [0.25, 0.3) is 0 Å². The Morgan fingerprint density at radius 2 is 2.35 bits per heavy atom. The molecule has 1 saturated heterocycles. The third-order valence-corrected chi connectivity index (χ3v) is 4.17. The van der Waals surface area contributed by atoms with Crippen molar-refractivity contribution in [3.8, 4) is 0 Å². The zero-order valence-electron chi connectivity index (χ0n) is 10.3. The van der Waals surface area contributed by atoms with Crippen LogP contribution in [0, 0.1) is 12.8 Å². The minimum atomic E-state index is 0.771. The highest BCUT2D eigenvalue weighted by atomic mass is 79.9. The molecule has 1 aliphatic heterocycles. The highest BCUT2D eigenvalue weighted by molar-refractivity contribution is 9.10. The molecule has 0 aromatic heterocycles. The minimum Gasteiger partial charge on any atom is -0.381 e. The van der Waals surface area contributed by atoms with Crippen molar-refractivity contribution < 1.29 is 4.74 Å². The second kappa shape index (κ2) is 6.53. The molecule has 3 heteroatoms. The van der Waals surface area contributed by atoms with E-state index in [2.05, 4.69) is 46.4 Å². The number of hydrogen-bond acceptors (Lipinski definition) is 2. The van der Waals surface area contributed by atoms with Crippen LogP contribution in [0.4, 0.5) is 0 Å². The van der Waals surface area contributed by atoms with Crippen molar-refractivity contribution in [1.82, 2.24) is 5.32 Å². The molecule has 1 fully saturated rings. The summed E-state index contributed by atoms with van der Waals surface area (Å²) in [6.07, 6.45) is 2.46. The van der Waals surface area contributed by atoms with Gasteiger partial charge >= 0.3 is 0 Å². The van der Waals surface area contributed by atoms with Crippen molar-refractivity contribution in [1.29, 1.82) is 0 Å². The fourth-order valence-corrected chi connectivity index (χ4v) is 2.52. The lowest BCUT2D eigenvalue weighted by molar-refractivity contribution is 0.184. The molecule has 1 atom stereocenters. The van der Waals surface area contributed by atoms with Gasteiger partial charge in [-0.25, -0.2) is 0 Å². The number of nitrogens with one attached hydrogen (secondary N) is 1. The lowest BCUT2D eigenvalue weighted by Crippen LogP contribution is -2.18. The summed E-state index contributed by atoms with van der Waals surface area (Å²) in [4.78, 5) is 0. The summed E-state index contributed by atoms with van der Waals surface area (Å²) in [6, 6.07) is 6.54. The van der Waals surface area contributed by atoms with Crippen LogP contribution in [-0.4, -0.2) is 19.8 Å². The molecule has 2 nitrogen and oxygen atoms in total. The first-order valence-corrected chi connectivity index (χ1v) is 7.08. The van der Waals surface area contributed by atoms with Gasteiger partial charge < -0.3 is 10.1 Å². The molecule has 2 rings (SSSR count). The molecule has 0 spiro atoms. The molecule has 17 heavy (non-hydrogen) atoms. The molecular formula is C14H20BrNO. The van der Waals surface area contributed by atoms with Crippen LogP contribution in [0.15, 0.2) is 22.7 Å². The quantitative estimate of drug-likeness (QED) is 0.842. The van der Waals surface area contributed by atoms with Crippen molar-refractivity contribution in [2.45, 2.75) is 26.3 Å². The Hall–Kier alpha value is -0.380. The van der Waals surface area contributed by atoms with Gasteiger partial charge in [-0.15, -0.1) is 0 Å². The second-order valence-electron chi connectivity index (χ2n) is 4.78. The molecule has 1 N–H and O–H groups in total. The van der Waals surface area contributed by atoms with E-state index in [9.17, 15) is 0 Å². The van der Waals surface area contributed by atoms with Gasteiger partial charge in [0.05, 0.1) is 0 Å². The predicted octanol–water partition coefficient (Wildman–Crippen LogP) is 3.27. The summed E-state index contributed by atoms with van der Waals surface area (Å²) in [5.41, 5.74) is 2.63. The smallest absolute Gasteiger partial charge is 0.0495 e. The first-order valence-electron chi connectivity index (χ1n) is 6.29. The number of halogens is 1. The SMILES string of the molecule is Cc1ccc(CNCCC2CCOC2)cc1Br. The molecule has 0 radical (unpaired) electrons. The maximum atomic E-state index is 5.37. The van der Waals surface area contributed by atoms with Gasteiger partial charge in [-0.1, -0.05) is 28.1 Å². The maximum absolute atomic E-state index is 5.37. The highest BCUT2D eigenvalue weighted by Crippen LogP contribution is 2.18. The van der Waals surface area contributed by atoms with Crippen molar-refractivity contribution in [3.63, 3.8) is 0 Å². The zero-order valence-corrected chi connectivity index (χ0v) is 11.9. The van der Waals surface area contributed by atoms with Crippen LogP contribution in [0.5, 0.6) is 0 Å². The van der Waals surface area contributed by atoms with Gasteiger partial charge in [-0.2, -0.15) is 0 Å². The van der Waals surface area contributed by atoms with Crippen LogP contribution >= 0.6 is 15.9 Å². The van der Waals surface area contributed by atoms with E-state index in [0.29, 0.717) is 0 Å². The van der Waals surface area contributed by atoms with E-state index in [0.717, 1.165) is 32.2 Å². The molecule has 0 saturated carbocycles. The summed E-state index contributed by atoms with van der Waals surface area (Å²) in [6.45, 7) is 6.06. The number of rotatable bonds is 5. The fourth-order valence-electron chi connectivity index (χ4n) is 2.10. The van der Waals surface area contributed by atoms with Gasteiger partial charge in [-0.05, 0) is 49.4 Å². The lowest BCUT2D eigenvalue weighted by Gasteiger charge is -2.09. The van der Waals surface area contributed by atoms with Crippen LogP contribution in [0.25, 0.3) is 0 Å². The Kier molecular flexibility index (Phi) is 5.01. The summed E-state index contributed by atoms with van der Waals surface area (Å²) in [7, 11) is 0. The third kappa shape index (κ3) is 4.09. The minimum absolute atomic E-state index is 0.771. The van der Waals surface area contributed by atoms with Gasteiger partial charge in [-0.3, -0.25) is 0 Å². The first-order chi connectivity index (χ1) is 8.25. The van der Waals surface area contributed by atoms with Crippen molar-refractivity contribution in [2.24, 2.45) is 5.92 Å². The fraction of sp³-hybridized carbons (Fsp3) is 0.571. The molecular weight excluding hydrogens is 278 g/mol. The summed E-state index contributed by atoms with van der Waals surface area (Å²) in [5, 5.41) is 3.50. The summed E-state index contributed by atoms with van der Waals surface area (Å²) < 4.78 is 6.56. The predicted molar refractivity (Wildman–Crippen MR) is 74.1 cm³/mol. The molecule has 1 aromatic rings. The first kappa shape index (κ1) is 13.1. The monoisotopic (exact) mass is 297 g/mol.